The number of aromatic amines is 1. The molecule has 0 unspecified atom stereocenters. The molecule has 0 aliphatic heterocycles. The summed E-state index contributed by atoms with van der Waals surface area (Å²) in [5, 5.41) is -1.72. The lowest BCUT2D eigenvalue weighted by atomic mass is 10.3. The minimum Gasteiger partial charge on any atom is -0.324 e. The lowest BCUT2D eigenvalue weighted by Gasteiger charge is -2.19. The zero-order valence-corrected chi connectivity index (χ0v) is 16.2. The van der Waals surface area contributed by atoms with E-state index in [-0.39, 0.29) is 12.2 Å². The Kier molecular flexibility index (Phi) is 6.63. The third-order valence-electron chi connectivity index (χ3n) is 3.53. The molecule has 0 amide bonds. The van der Waals surface area contributed by atoms with Crippen LogP contribution in [0.15, 0.2) is 45.0 Å². The molecule has 0 spiro atoms. The van der Waals surface area contributed by atoms with Crippen LogP contribution >= 0.6 is 27.0 Å². The molecule has 0 bridgehead atoms. The Labute approximate surface area is 153 Å². The Balaban J connectivity index is 2.26. The van der Waals surface area contributed by atoms with Crippen LogP contribution in [0.3, 0.4) is 0 Å². The zero-order chi connectivity index (χ0) is 19.5. The molecule has 12 heteroatoms. The fourth-order valence-electron chi connectivity index (χ4n) is 2.17. The Morgan fingerprint density at radius 1 is 1.12 bits per heavy atom. The van der Waals surface area contributed by atoms with Crippen molar-refractivity contribution >= 4 is 27.0 Å². The molecule has 1 heterocycles. The van der Waals surface area contributed by atoms with Crippen molar-refractivity contribution < 1.29 is 28.7 Å². The number of hydrogen-bond acceptors (Lipinski definition) is 5. The molecule has 2 aromatic rings. The molecule has 0 fully saturated rings. The number of aryl methyl sites for hydroxylation is 1. The van der Waals surface area contributed by atoms with Gasteiger partial charge in [-0.1, -0.05) is 30.0 Å². The summed E-state index contributed by atoms with van der Waals surface area (Å²) >= 11 is 1.25. The van der Waals surface area contributed by atoms with Gasteiger partial charge in [0, 0.05) is 16.9 Å². The van der Waals surface area contributed by atoms with E-state index in [2.05, 4.69) is 9.97 Å². The van der Waals surface area contributed by atoms with Crippen molar-refractivity contribution in [1.82, 2.24) is 9.97 Å². The molecule has 0 saturated carbocycles. The van der Waals surface area contributed by atoms with E-state index in [1.807, 2.05) is 30.3 Å². The first-order chi connectivity index (χ1) is 12.0. The Bertz CT molecular complexity index is 901. The van der Waals surface area contributed by atoms with Gasteiger partial charge in [-0.2, -0.15) is 0 Å². The van der Waals surface area contributed by atoms with Gasteiger partial charge >= 0.3 is 15.2 Å². The average molecular weight is 420 g/mol. The largest absolute Gasteiger partial charge is 0.340 e. The van der Waals surface area contributed by atoms with Crippen molar-refractivity contribution in [2.24, 2.45) is 0 Å². The fourth-order valence-corrected chi connectivity index (χ4v) is 5.59. The number of aromatic nitrogens is 2. The van der Waals surface area contributed by atoms with Crippen LogP contribution in [0, 0.1) is 6.92 Å². The van der Waals surface area contributed by atoms with E-state index in [4.69, 9.17) is 19.6 Å². The van der Waals surface area contributed by atoms with Gasteiger partial charge in [0.25, 0.3) is 5.56 Å². The minimum atomic E-state index is -5.01. The summed E-state index contributed by atoms with van der Waals surface area (Å²) < 4.78 is 22.7. The van der Waals surface area contributed by atoms with E-state index in [1.54, 1.807) is 6.92 Å². The van der Waals surface area contributed by atoms with Gasteiger partial charge in [-0.25, -0.2) is 4.98 Å². The molecule has 0 aliphatic carbocycles. The van der Waals surface area contributed by atoms with Crippen molar-refractivity contribution in [3.05, 3.63) is 52.1 Å². The molecule has 9 nitrogen and oxygen atoms in total. The Hall–Kier alpha value is -1.25. The van der Waals surface area contributed by atoms with Crippen LogP contribution in [0.5, 0.6) is 0 Å². The number of rotatable bonds is 7. The molecule has 0 radical (unpaired) electrons. The molecule has 1 aromatic heterocycles. The number of hydrogen-bond donors (Lipinski definition) is 5. The summed E-state index contributed by atoms with van der Waals surface area (Å²) in [7, 11) is -10.0. The zero-order valence-electron chi connectivity index (χ0n) is 13.6. The molecule has 26 heavy (non-hydrogen) atoms. The highest BCUT2D eigenvalue weighted by Gasteiger charge is 2.42. The van der Waals surface area contributed by atoms with Gasteiger partial charge in [0.15, 0.2) is 5.40 Å². The first-order valence-corrected chi connectivity index (χ1v) is 11.6. The van der Waals surface area contributed by atoms with Crippen LogP contribution in [0.2, 0.25) is 0 Å². The predicted molar refractivity (Wildman–Crippen MR) is 96.4 cm³/mol. The minimum absolute atomic E-state index is 0.103. The summed E-state index contributed by atoms with van der Waals surface area (Å²) in [4.78, 5) is 56.3. The molecule has 0 saturated heterocycles. The van der Waals surface area contributed by atoms with Crippen LogP contribution in [0.1, 0.15) is 17.8 Å². The Morgan fingerprint density at radius 3 is 2.23 bits per heavy atom. The van der Waals surface area contributed by atoms with Gasteiger partial charge in [0.1, 0.15) is 10.9 Å². The van der Waals surface area contributed by atoms with Crippen LogP contribution < -0.4 is 5.56 Å². The van der Waals surface area contributed by atoms with E-state index in [0.717, 1.165) is 4.90 Å². The summed E-state index contributed by atoms with van der Waals surface area (Å²) in [5.74, 6) is 0.103. The van der Waals surface area contributed by atoms with Gasteiger partial charge in [-0.05, 0) is 25.5 Å². The normalized spacial score (nSPS) is 12.5. The highest BCUT2D eigenvalue weighted by atomic mass is 32.2. The smallest absolute Gasteiger partial charge is 0.324 e. The van der Waals surface area contributed by atoms with Gasteiger partial charge in [0.2, 0.25) is 0 Å². The quantitative estimate of drug-likeness (QED) is 0.332. The maximum Gasteiger partial charge on any atom is 0.340 e. The summed E-state index contributed by atoms with van der Waals surface area (Å²) in [6.07, 6.45) is -0.714. The second kappa shape index (κ2) is 8.19. The van der Waals surface area contributed by atoms with Crippen LogP contribution in [-0.4, -0.2) is 34.9 Å². The molecule has 142 valence electrons. The van der Waals surface area contributed by atoms with Crippen molar-refractivity contribution in [2.75, 3.05) is 0 Å². The number of benzene rings is 1. The standard InChI is InChI=1S/C14H18N2O7P2S/c1-9-13(17)15-11(7-8-12(24(18,19)20)25(21,22)23)16-14(9)26-10-5-3-2-4-6-10/h2-6,12H,7-8H2,1H3,(H,15,16,17)(H2,18,19,20)(H2,21,22,23). The summed E-state index contributed by atoms with van der Waals surface area (Å²) in [5.41, 5.74) is -0.0403. The van der Waals surface area contributed by atoms with Gasteiger partial charge in [-0.15, -0.1) is 0 Å². The molecular formula is C14H18N2O7P2S. The van der Waals surface area contributed by atoms with Crippen molar-refractivity contribution in [3.63, 3.8) is 0 Å². The topological polar surface area (TPSA) is 161 Å². The van der Waals surface area contributed by atoms with Crippen molar-refractivity contribution in [1.29, 1.82) is 0 Å². The first-order valence-electron chi connectivity index (χ1n) is 7.41. The molecule has 2 rings (SSSR count). The lowest BCUT2D eigenvalue weighted by molar-refractivity contribution is 0.335. The summed E-state index contributed by atoms with van der Waals surface area (Å²) in [6, 6.07) is 9.18. The summed E-state index contributed by atoms with van der Waals surface area (Å²) in [6.45, 7) is 1.59. The lowest BCUT2D eigenvalue weighted by Crippen LogP contribution is -2.18. The molecule has 0 atom stereocenters. The van der Waals surface area contributed by atoms with E-state index < -0.39 is 32.6 Å². The maximum atomic E-state index is 12.1. The Morgan fingerprint density at radius 2 is 1.69 bits per heavy atom. The molecule has 5 N–H and O–H groups in total. The van der Waals surface area contributed by atoms with Crippen molar-refractivity contribution in [2.45, 2.75) is 35.1 Å². The van der Waals surface area contributed by atoms with Crippen LogP contribution in [-0.2, 0) is 15.6 Å². The van der Waals surface area contributed by atoms with Crippen LogP contribution in [0.25, 0.3) is 0 Å². The third kappa shape index (κ3) is 5.62. The number of nitrogens with zero attached hydrogens (tertiary/aromatic N) is 1. The highest BCUT2D eigenvalue weighted by molar-refractivity contribution is 7.99. The van der Waals surface area contributed by atoms with E-state index in [0.29, 0.717) is 10.6 Å². The van der Waals surface area contributed by atoms with E-state index in [9.17, 15) is 13.9 Å². The number of H-pyrrole nitrogens is 1. The molecule has 1 aromatic carbocycles. The van der Waals surface area contributed by atoms with Gasteiger partial charge in [-0.3, -0.25) is 13.9 Å². The van der Waals surface area contributed by atoms with E-state index in [1.165, 1.54) is 11.8 Å². The van der Waals surface area contributed by atoms with E-state index >= 15 is 0 Å². The second-order valence-corrected chi connectivity index (χ2v) is 10.6. The average Bonchev–Trinajstić information content (AvgIpc) is 2.50. The van der Waals surface area contributed by atoms with Crippen molar-refractivity contribution in [3.8, 4) is 0 Å². The SMILES string of the molecule is Cc1c(Sc2ccccc2)nc(CCC(P(=O)(O)O)P(=O)(O)O)[nH]c1=O. The maximum absolute atomic E-state index is 12.1. The fraction of sp³-hybridized carbons (Fsp3) is 0.286. The predicted octanol–water partition coefficient (Wildman–Crippen LogP) is 1.84. The molecular weight excluding hydrogens is 402 g/mol. The highest BCUT2D eigenvalue weighted by Crippen LogP contribution is 2.61. The first kappa shape index (κ1) is 21.1. The third-order valence-corrected chi connectivity index (χ3v) is 8.50. The van der Waals surface area contributed by atoms with Crippen LogP contribution in [0.4, 0.5) is 0 Å². The second-order valence-electron chi connectivity index (χ2n) is 5.56. The monoisotopic (exact) mass is 420 g/mol. The van der Waals surface area contributed by atoms with Gasteiger partial charge in [0.05, 0.1) is 0 Å². The van der Waals surface area contributed by atoms with Gasteiger partial charge < -0.3 is 24.6 Å². The number of nitrogens with one attached hydrogen (secondary N) is 1. The molecule has 0 aliphatic rings.